The Hall–Kier alpha value is -1.58. The predicted molar refractivity (Wildman–Crippen MR) is 63.3 cm³/mol. The highest BCUT2D eigenvalue weighted by Crippen LogP contribution is 2.10. The topological polar surface area (TPSA) is 35.6 Å². The van der Waals surface area contributed by atoms with E-state index in [9.17, 15) is 0 Å². The van der Waals surface area contributed by atoms with Gasteiger partial charge in [0.15, 0.2) is 0 Å². The molecule has 0 aliphatic heterocycles. The summed E-state index contributed by atoms with van der Waals surface area (Å²) in [6.45, 7) is 7.15. The van der Waals surface area contributed by atoms with E-state index in [0.717, 1.165) is 24.4 Å². The van der Waals surface area contributed by atoms with Crippen molar-refractivity contribution in [1.29, 1.82) is 0 Å². The highest BCUT2D eigenvalue weighted by molar-refractivity contribution is 5.04. The summed E-state index contributed by atoms with van der Waals surface area (Å²) in [5.41, 5.74) is 2.23. The fraction of sp³-hybridized carbons (Fsp3) is 0.500. The molecule has 0 fully saturated rings. The molecule has 0 aliphatic carbocycles. The van der Waals surface area contributed by atoms with E-state index in [1.165, 1.54) is 0 Å². The van der Waals surface area contributed by atoms with E-state index < -0.39 is 0 Å². The smallest absolute Gasteiger partial charge is 0.0852 e. The van der Waals surface area contributed by atoms with Gasteiger partial charge in [-0.1, -0.05) is 6.92 Å². The third-order valence-corrected chi connectivity index (χ3v) is 2.95. The van der Waals surface area contributed by atoms with Crippen LogP contribution in [0.15, 0.2) is 24.5 Å². The van der Waals surface area contributed by atoms with Gasteiger partial charge in [-0.25, -0.2) is 0 Å². The van der Waals surface area contributed by atoms with E-state index in [1.54, 1.807) is 0 Å². The van der Waals surface area contributed by atoms with E-state index in [0.29, 0.717) is 6.04 Å². The molecule has 1 atom stereocenters. The molecule has 0 N–H and O–H groups in total. The minimum Gasteiger partial charge on any atom is -0.270 e. The molecule has 0 amide bonds. The molecular formula is C12H18N4. The third-order valence-electron chi connectivity index (χ3n) is 2.95. The van der Waals surface area contributed by atoms with Gasteiger partial charge in [0.1, 0.15) is 0 Å². The Balaban J connectivity index is 2.11. The van der Waals surface area contributed by atoms with Gasteiger partial charge in [0.25, 0.3) is 0 Å². The quantitative estimate of drug-likeness (QED) is 0.790. The molecule has 86 valence electrons. The normalized spacial score (nSPS) is 12.9. The Morgan fingerprint density at radius 1 is 1.38 bits per heavy atom. The molecule has 0 aromatic carbocycles. The Kier molecular flexibility index (Phi) is 3.08. The summed E-state index contributed by atoms with van der Waals surface area (Å²) in [5, 5.41) is 8.81. The van der Waals surface area contributed by atoms with Crippen LogP contribution in [0.5, 0.6) is 0 Å². The van der Waals surface area contributed by atoms with Crippen LogP contribution in [0, 0.1) is 6.92 Å². The maximum Gasteiger partial charge on any atom is 0.0852 e. The van der Waals surface area contributed by atoms with Crippen molar-refractivity contribution in [2.24, 2.45) is 0 Å². The highest BCUT2D eigenvalue weighted by Gasteiger charge is 2.06. The van der Waals surface area contributed by atoms with Gasteiger partial charge in [0, 0.05) is 24.1 Å². The van der Waals surface area contributed by atoms with Crippen LogP contribution in [0.25, 0.3) is 0 Å². The summed E-state index contributed by atoms with van der Waals surface area (Å²) in [5.74, 6) is 0. The Morgan fingerprint density at radius 3 is 2.81 bits per heavy atom. The Morgan fingerprint density at radius 2 is 2.19 bits per heavy atom. The molecule has 4 nitrogen and oxygen atoms in total. The van der Waals surface area contributed by atoms with Gasteiger partial charge in [-0.2, -0.15) is 10.2 Å². The van der Waals surface area contributed by atoms with Gasteiger partial charge in [-0.05, 0) is 32.4 Å². The van der Waals surface area contributed by atoms with E-state index >= 15 is 0 Å². The fourth-order valence-corrected chi connectivity index (χ4v) is 1.61. The molecule has 2 aromatic rings. The maximum atomic E-state index is 4.55. The lowest BCUT2D eigenvalue weighted by Gasteiger charge is -2.08. The Labute approximate surface area is 95.9 Å². The molecule has 0 aliphatic rings. The van der Waals surface area contributed by atoms with Crippen LogP contribution in [-0.4, -0.2) is 19.6 Å². The number of nitrogens with zero attached hydrogens (tertiary/aromatic N) is 4. The van der Waals surface area contributed by atoms with Crippen molar-refractivity contribution in [2.45, 2.75) is 39.8 Å². The summed E-state index contributed by atoms with van der Waals surface area (Å²) < 4.78 is 3.98. The zero-order valence-corrected chi connectivity index (χ0v) is 10.1. The summed E-state index contributed by atoms with van der Waals surface area (Å²) in [6.07, 6.45) is 4.96. The second kappa shape index (κ2) is 4.51. The first-order valence-corrected chi connectivity index (χ1v) is 5.73. The van der Waals surface area contributed by atoms with Gasteiger partial charge < -0.3 is 0 Å². The second-order valence-electron chi connectivity index (χ2n) is 4.17. The van der Waals surface area contributed by atoms with Gasteiger partial charge in [-0.15, -0.1) is 0 Å². The van der Waals surface area contributed by atoms with E-state index in [-0.39, 0.29) is 0 Å². The standard InChI is InChI=1S/C12H18N4/c1-4-10(2)15-8-6-12(14-15)9-16-11(3)5-7-13-16/h5-8,10H,4,9H2,1-3H3. The molecule has 0 saturated carbocycles. The largest absolute Gasteiger partial charge is 0.270 e. The van der Waals surface area contributed by atoms with Crippen molar-refractivity contribution >= 4 is 0 Å². The van der Waals surface area contributed by atoms with Crippen LogP contribution >= 0.6 is 0 Å². The molecule has 2 rings (SSSR count). The van der Waals surface area contributed by atoms with Crippen LogP contribution in [0.2, 0.25) is 0 Å². The molecule has 2 heterocycles. The summed E-state index contributed by atoms with van der Waals surface area (Å²) in [6, 6.07) is 4.53. The van der Waals surface area contributed by atoms with Gasteiger partial charge >= 0.3 is 0 Å². The molecule has 0 radical (unpaired) electrons. The van der Waals surface area contributed by atoms with Crippen molar-refractivity contribution in [1.82, 2.24) is 19.6 Å². The fourth-order valence-electron chi connectivity index (χ4n) is 1.61. The van der Waals surface area contributed by atoms with Crippen LogP contribution in [0.4, 0.5) is 0 Å². The molecule has 0 bridgehead atoms. The summed E-state index contributed by atoms with van der Waals surface area (Å²) in [4.78, 5) is 0. The van der Waals surface area contributed by atoms with Crippen molar-refractivity contribution in [3.05, 3.63) is 35.9 Å². The molecule has 16 heavy (non-hydrogen) atoms. The first-order valence-electron chi connectivity index (χ1n) is 5.73. The average molecular weight is 218 g/mol. The number of hydrogen-bond donors (Lipinski definition) is 0. The highest BCUT2D eigenvalue weighted by atomic mass is 15.3. The lowest BCUT2D eigenvalue weighted by atomic mass is 10.3. The minimum atomic E-state index is 0.465. The molecule has 0 spiro atoms. The maximum absolute atomic E-state index is 4.55. The molecule has 0 saturated heterocycles. The number of hydrogen-bond acceptors (Lipinski definition) is 2. The second-order valence-corrected chi connectivity index (χ2v) is 4.17. The molecule has 4 heteroatoms. The van der Waals surface area contributed by atoms with Gasteiger partial charge in [-0.3, -0.25) is 9.36 Å². The zero-order valence-electron chi connectivity index (χ0n) is 10.1. The van der Waals surface area contributed by atoms with E-state index in [4.69, 9.17) is 0 Å². The average Bonchev–Trinajstić information content (AvgIpc) is 2.89. The lowest BCUT2D eigenvalue weighted by Crippen LogP contribution is -2.07. The SMILES string of the molecule is CCC(C)n1ccc(Cn2nccc2C)n1. The van der Waals surface area contributed by atoms with Gasteiger partial charge in [0.2, 0.25) is 0 Å². The molecule has 1 unspecified atom stereocenters. The van der Waals surface area contributed by atoms with Crippen LogP contribution in [-0.2, 0) is 6.54 Å². The molecule has 2 aromatic heterocycles. The van der Waals surface area contributed by atoms with Crippen LogP contribution in [0.3, 0.4) is 0 Å². The number of aromatic nitrogens is 4. The summed E-state index contributed by atoms with van der Waals surface area (Å²) >= 11 is 0. The third kappa shape index (κ3) is 2.15. The molecular weight excluding hydrogens is 200 g/mol. The summed E-state index contributed by atoms with van der Waals surface area (Å²) in [7, 11) is 0. The van der Waals surface area contributed by atoms with Crippen LogP contribution < -0.4 is 0 Å². The predicted octanol–water partition coefficient (Wildman–Crippen LogP) is 2.41. The number of aryl methyl sites for hydroxylation is 1. The van der Waals surface area contributed by atoms with Crippen molar-refractivity contribution in [3.63, 3.8) is 0 Å². The minimum absolute atomic E-state index is 0.465. The first kappa shape index (κ1) is 10.9. The lowest BCUT2D eigenvalue weighted by molar-refractivity contribution is 0.470. The van der Waals surface area contributed by atoms with Crippen molar-refractivity contribution in [2.75, 3.05) is 0 Å². The zero-order chi connectivity index (χ0) is 11.5. The van der Waals surface area contributed by atoms with E-state index in [1.807, 2.05) is 27.8 Å². The van der Waals surface area contributed by atoms with Crippen LogP contribution in [0.1, 0.15) is 37.7 Å². The van der Waals surface area contributed by atoms with E-state index in [2.05, 4.69) is 37.0 Å². The number of rotatable bonds is 4. The van der Waals surface area contributed by atoms with Gasteiger partial charge in [0.05, 0.1) is 12.2 Å². The Bertz CT molecular complexity index is 455. The monoisotopic (exact) mass is 218 g/mol. The van der Waals surface area contributed by atoms with Crippen molar-refractivity contribution in [3.8, 4) is 0 Å². The van der Waals surface area contributed by atoms with Crippen molar-refractivity contribution < 1.29 is 0 Å². The first-order chi connectivity index (χ1) is 7.70.